The molecule has 0 unspecified atom stereocenters. The highest BCUT2D eigenvalue weighted by Gasteiger charge is 2.20. The number of ether oxygens (including phenoxy) is 1. The Kier molecular flexibility index (Phi) is 4.79. The number of amides is 2. The zero-order chi connectivity index (χ0) is 13.0. The van der Waals surface area contributed by atoms with E-state index in [9.17, 15) is 9.59 Å². The van der Waals surface area contributed by atoms with Gasteiger partial charge in [-0.15, -0.1) is 0 Å². The summed E-state index contributed by atoms with van der Waals surface area (Å²) >= 11 is 0. The minimum absolute atomic E-state index is 0.654. The topological polar surface area (TPSA) is 77.3 Å². The number of azo groups is 1. The summed E-state index contributed by atoms with van der Waals surface area (Å²) in [5, 5.41) is 6.22. The number of nitrogens with zero attached hydrogens (tertiary/aromatic N) is 2. The van der Waals surface area contributed by atoms with Crippen LogP contribution in [0.2, 0.25) is 19.6 Å². The Hall–Kier alpha value is -1.24. The zero-order valence-electron chi connectivity index (χ0n) is 10.5. The molecular formula is C9H18N2O4Si. The van der Waals surface area contributed by atoms with Gasteiger partial charge < -0.3 is 9.16 Å². The fourth-order valence-electron chi connectivity index (χ4n) is 0.646. The molecule has 0 aromatic carbocycles. The van der Waals surface area contributed by atoms with E-state index < -0.39 is 26.1 Å². The number of hydrogen-bond donors (Lipinski definition) is 0. The first kappa shape index (κ1) is 14.8. The van der Waals surface area contributed by atoms with Crippen LogP contribution in [0.15, 0.2) is 10.2 Å². The second kappa shape index (κ2) is 5.20. The van der Waals surface area contributed by atoms with Crippen molar-refractivity contribution >= 4 is 20.5 Å². The van der Waals surface area contributed by atoms with Gasteiger partial charge in [-0.1, -0.05) is 10.2 Å². The summed E-state index contributed by atoms with van der Waals surface area (Å²) in [5.41, 5.74) is -0.654. The second-order valence-electron chi connectivity index (χ2n) is 5.16. The van der Waals surface area contributed by atoms with E-state index in [4.69, 9.17) is 9.16 Å². The van der Waals surface area contributed by atoms with Gasteiger partial charge in [0.15, 0.2) is 0 Å². The largest absolute Gasteiger partial charge is 0.502 e. The smallest absolute Gasteiger partial charge is 0.453 e. The fourth-order valence-corrected chi connectivity index (χ4v) is 1.21. The summed E-state index contributed by atoms with van der Waals surface area (Å²) in [7, 11) is -1.99. The molecule has 0 aliphatic carbocycles. The van der Waals surface area contributed by atoms with Gasteiger partial charge in [-0.25, -0.2) is 9.59 Å². The Labute approximate surface area is 96.2 Å². The number of hydrogen-bond acceptors (Lipinski definition) is 4. The molecule has 92 valence electrons. The first-order valence-corrected chi connectivity index (χ1v) is 8.28. The van der Waals surface area contributed by atoms with Crippen LogP contribution in [0.3, 0.4) is 0 Å². The van der Waals surface area contributed by atoms with Crippen LogP contribution in [0.4, 0.5) is 9.59 Å². The minimum Gasteiger partial charge on any atom is -0.502 e. The predicted molar refractivity (Wildman–Crippen MR) is 60.9 cm³/mol. The third-order valence-corrected chi connectivity index (χ3v) is 1.79. The molecule has 0 fully saturated rings. The van der Waals surface area contributed by atoms with Crippen molar-refractivity contribution in [3.05, 3.63) is 0 Å². The van der Waals surface area contributed by atoms with Crippen molar-refractivity contribution in [2.24, 2.45) is 10.2 Å². The average molecular weight is 246 g/mol. The molecule has 0 radical (unpaired) electrons. The lowest BCUT2D eigenvalue weighted by atomic mass is 10.2. The van der Waals surface area contributed by atoms with Gasteiger partial charge in [-0.3, -0.25) is 0 Å². The number of carbonyl (C=O) groups excluding carboxylic acids is 2. The first-order valence-electron chi connectivity index (χ1n) is 4.87. The lowest BCUT2D eigenvalue weighted by Crippen LogP contribution is -2.27. The Bertz CT molecular complexity index is 272. The number of rotatable bonds is 1. The van der Waals surface area contributed by atoms with Crippen molar-refractivity contribution in [1.82, 2.24) is 0 Å². The van der Waals surface area contributed by atoms with Crippen molar-refractivity contribution in [3.8, 4) is 0 Å². The average Bonchev–Trinajstić information content (AvgIpc) is 1.94. The highest BCUT2D eigenvalue weighted by atomic mass is 28.4. The SMILES string of the molecule is CC(C)(C)OC(=O)/N=N/C(=O)O[Si](C)(C)C. The highest BCUT2D eigenvalue weighted by Crippen LogP contribution is 2.09. The maximum absolute atomic E-state index is 11.1. The molecule has 6 nitrogen and oxygen atoms in total. The molecular weight excluding hydrogens is 228 g/mol. The van der Waals surface area contributed by atoms with Gasteiger partial charge in [-0.05, 0) is 40.4 Å². The van der Waals surface area contributed by atoms with Crippen molar-refractivity contribution in [2.75, 3.05) is 0 Å². The van der Waals surface area contributed by atoms with E-state index in [0.29, 0.717) is 0 Å². The van der Waals surface area contributed by atoms with Crippen LogP contribution in [0.5, 0.6) is 0 Å². The molecule has 0 aliphatic heterocycles. The van der Waals surface area contributed by atoms with Crippen LogP contribution in [0, 0.1) is 0 Å². The molecule has 2 amide bonds. The van der Waals surface area contributed by atoms with Gasteiger partial charge in [0.1, 0.15) is 5.60 Å². The molecule has 7 heteroatoms. The highest BCUT2D eigenvalue weighted by molar-refractivity contribution is 6.71. The molecule has 0 atom stereocenters. The second-order valence-corrected chi connectivity index (χ2v) is 9.59. The third kappa shape index (κ3) is 9.32. The molecule has 0 spiro atoms. The molecule has 0 bridgehead atoms. The van der Waals surface area contributed by atoms with E-state index in [1.165, 1.54) is 0 Å². The van der Waals surface area contributed by atoms with Gasteiger partial charge in [0.2, 0.25) is 8.32 Å². The van der Waals surface area contributed by atoms with Gasteiger partial charge in [0.25, 0.3) is 0 Å². The monoisotopic (exact) mass is 246 g/mol. The fraction of sp³-hybridized carbons (Fsp3) is 0.778. The van der Waals surface area contributed by atoms with Crippen LogP contribution < -0.4 is 0 Å². The van der Waals surface area contributed by atoms with Gasteiger partial charge in [-0.2, -0.15) is 0 Å². The molecule has 0 saturated carbocycles. The summed E-state index contributed by atoms with van der Waals surface area (Å²) in [6, 6.07) is 0. The van der Waals surface area contributed by atoms with E-state index in [2.05, 4.69) is 10.2 Å². The summed E-state index contributed by atoms with van der Waals surface area (Å²) < 4.78 is 9.77. The molecule has 0 rings (SSSR count). The summed E-state index contributed by atoms with van der Waals surface area (Å²) in [6.07, 6.45) is -1.76. The maximum Gasteiger partial charge on any atom is 0.453 e. The lowest BCUT2D eigenvalue weighted by molar-refractivity contribution is 0.0588. The molecule has 0 aromatic rings. The quantitative estimate of drug-likeness (QED) is 0.525. The molecule has 0 saturated heterocycles. The molecule has 0 aliphatic rings. The van der Waals surface area contributed by atoms with Gasteiger partial charge in [0.05, 0.1) is 0 Å². The third-order valence-electron chi connectivity index (χ3n) is 1.00. The maximum atomic E-state index is 11.1. The van der Waals surface area contributed by atoms with E-state index in [0.717, 1.165) is 0 Å². The predicted octanol–water partition coefficient (Wildman–Crippen LogP) is 3.35. The lowest BCUT2D eigenvalue weighted by Gasteiger charge is -2.17. The summed E-state index contributed by atoms with van der Waals surface area (Å²) in [6.45, 7) is 10.6. The van der Waals surface area contributed by atoms with Gasteiger partial charge >= 0.3 is 12.2 Å². The standard InChI is InChI=1S/C9H18N2O4Si/c1-9(2,3)14-7(12)10-11-8(13)15-16(4,5)6/h1-6H3/b11-10+. The number of carbonyl (C=O) groups is 2. The van der Waals surface area contributed by atoms with Crippen LogP contribution in [0.1, 0.15) is 20.8 Å². The molecule has 0 heterocycles. The van der Waals surface area contributed by atoms with Crippen LogP contribution in [-0.4, -0.2) is 26.1 Å². The van der Waals surface area contributed by atoms with E-state index in [1.807, 2.05) is 19.6 Å². The van der Waals surface area contributed by atoms with Crippen LogP contribution in [0.25, 0.3) is 0 Å². The Morgan fingerprint density at radius 1 is 1.00 bits per heavy atom. The first-order chi connectivity index (χ1) is 6.99. The zero-order valence-corrected chi connectivity index (χ0v) is 11.5. The molecule has 16 heavy (non-hydrogen) atoms. The molecule has 0 N–H and O–H groups in total. The molecule has 0 aromatic heterocycles. The minimum atomic E-state index is -1.99. The summed E-state index contributed by atoms with van der Waals surface area (Å²) in [4.78, 5) is 22.1. The normalized spacial score (nSPS) is 12.6. The van der Waals surface area contributed by atoms with Crippen molar-refractivity contribution in [1.29, 1.82) is 0 Å². The van der Waals surface area contributed by atoms with Crippen LogP contribution in [-0.2, 0) is 9.16 Å². The Morgan fingerprint density at radius 3 is 1.81 bits per heavy atom. The van der Waals surface area contributed by atoms with E-state index >= 15 is 0 Å². The summed E-state index contributed by atoms with van der Waals surface area (Å²) in [5.74, 6) is 0. The van der Waals surface area contributed by atoms with Gasteiger partial charge in [0, 0.05) is 0 Å². The van der Waals surface area contributed by atoms with Crippen molar-refractivity contribution in [3.63, 3.8) is 0 Å². The van der Waals surface area contributed by atoms with E-state index in [1.54, 1.807) is 20.8 Å². The Morgan fingerprint density at radius 2 is 1.44 bits per heavy atom. The van der Waals surface area contributed by atoms with Crippen molar-refractivity contribution < 1.29 is 18.8 Å². The Balaban J connectivity index is 4.20. The van der Waals surface area contributed by atoms with Crippen LogP contribution >= 0.6 is 0 Å². The van der Waals surface area contributed by atoms with E-state index in [-0.39, 0.29) is 0 Å². The van der Waals surface area contributed by atoms with Crippen molar-refractivity contribution in [2.45, 2.75) is 46.0 Å².